The van der Waals surface area contributed by atoms with E-state index in [0.29, 0.717) is 18.0 Å². The molecule has 0 bridgehead atoms. The van der Waals surface area contributed by atoms with Crippen LogP contribution in [-0.4, -0.2) is 45.7 Å². The number of ether oxygens (including phenoxy) is 2. The van der Waals surface area contributed by atoms with E-state index in [1.54, 1.807) is 19.2 Å². The van der Waals surface area contributed by atoms with Gasteiger partial charge in [0.2, 0.25) is 5.95 Å². The minimum atomic E-state index is -2.91. The van der Waals surface area contributed by atoms with Crippen LogP contribution in [0.15, 0.2) is 55.0 Å². The molecule has 0 spiro atoms. The van der Waals surface area contributed by atoms with E-state index in [-0.39, 0.29) is 11.7 Å². The molecule has 1 aliphatic heterocycles. The number of anilines is 1. The molecule has 0 amide bonds. The van der Waals surface area contributed by atoms with Crippen LogP contribution in [0.5, 0.6) is 5.75 Å². The van der Waals surface area contributed by atoms with Gasteiger partial charge in [-0.2, -0.15) is 8.78 Å². The van der Waals surface area contributed by atoms with Gasteiger partial charge < -0.3 is 18.8 Å². The lowest BCUT2D eigenvalue weighted by Gasteiger charge is -2.26. The molecule has 1 aromatic carbocycles. The first-order chi connectivity index (χ1) is 18.9. The minimum absolute atomic E-state index is 0.170. The second-order valence-corrected chi connectivity index (χ2v) is 11.2. The van der Waals surface area contributed by atoms with Crippen LogP contribution in [0.2, 0.25) is 0 Å². The SMILES string of the molecule is CCC1C2C[C@H]2CN1c1ncc(-c2ccc3nc4c(n3c2)[C@@H](c2ccccc2OC(F)F)CC4(C)OC)cn1. The highest BCUT2D eigenvalue weighted by Crippen LogP contribution is 2.52. The van der Waals surface area contributed by atoms with Crippen LogP contribution in [0.1, 0.15) is 56.0 Å². The molecule has 7 rings (SSSR count). The molecule has 0 N–H and O–H groups in total. The summed E-state index contributed by atoms with van der Waals surface area (Å²) in [6, 6.07) is 11.5. The number of fused-ring (bicyclic) bond motifs is 4. The molecular formula is C30H31F2N5O2. The molecule has 7 nitrogen and oxygen atoms in total. The van der Waals surface area contributed by atoms with Crippen molar-refractivity contribution in [2.75, 3.05) is 18.6 Å². The fourth-order valence-electron chi connectivity index (χ4n) is 6.89. The van der Waals surface area contributed by atoms with Crippen LogP contribution < -0.4 is 9.64 Å². The van der Waals surface area contributed by atoms with Gasteiger partial charge in [-0.25, -0.2) is 15.0 Å². The molecule has 2 fully saturated rings. The summed E-state index contributed by atoms with van der Waals surface area (Å²) >= 11 is 0. The topological polar surface area (TPSA) is 64.8 Å². The van der Waals surface area contributed by atoms with Gasteiger partial charge in [-0.05, 0) is 56.2 Å². The third kappa shape index (κ3) is 3.89. The fraction of sp³-hybridized carbons (Fsp3) is 0.433. The van der Waals surface area contributed by atoms with Gasteiger partial charge in [0, 0.05) is 60.9 Å². The van der Waals surface area contributed by atoms with E-state index in [2.05, 4.69) is 11.8 Å². The zero-order valence-corrected chi connectivity index (χ0v) is 22.2. The summed E-state index contributed by atoms with van der Waals surface area (Å²) in [7, 11) is 1.66. The quantitative estimate of drug-likeness (QED) is 0.290. The van der Waals surface area contributed by atoms with E-state index in [4.69, 9.17) is 24.4 Å². The van der Waals surface area contributed by atoms with E-state index in [1.807, 2.05) is 54.2 Å². The Labute approximate surface area is 225 Å². The first-order valence-corrected chi connectivity index (χ1v) is 13.6. The predicted molar refractivity (Wildman–Crippen MR) is 143 cm³/mol. The summed E-state index contributed by atoms with van der Waals surface area (Å²) in [5.41, 5.74) is 4.38. The number of aromatic nitrogens is 4. The van der Waals surface area contributed by atoms with Crippen molar-refractivity contribution < 1.29 is 18.3 Å². The van der Waals surface area contributed by atoms with Crippen molar-refractivity contribution in [3.63, 3.8) is 0 Å². The van der Waals surface area contributed by atoms with Crippen LogP contribution in [0.25, 0.3) is 16.8 Å². The van der Waals surface area contributed by atoms with Gasteiger partial charge in [0.15, 0.2) is 0 Å². The van der Waals surface area contributed by atoms with Crippen molar-refractivity contribution in [1.82, 2.24) is 19.4 Å². The number of piperidine rings is 1. The molecule has 4 heterocycles. The van der Waals surface area contributed by atoms with Crippen molar-refractivity contribution >= 4 is 11.6 Å². The number of para-hydroxylation sites is 1. The van der Waals surface area contributed by atoms with E-state index in [1.165, 1.54) is 6.42 Å². The van der Waals surface area contributed by atoms with Gasteiger partial charge in [0.1, 0.15) is 17.0 Å². The second kappa shape index (κ2) is 8.98. The predicted octanol–water partition coefficient (Wildman–Crippen LogP) is 6.02. The van der Waals surface area contributed by atoms with Crippen molar-refractivity contribution in [3.05, 3.63) is 71.9 Å². The third-order valence-corrected chi connectivity index (χ3v) is 8.99. The molecule has 5 atom stereocenters. The summed E-state index contributed by atoms with van der Waals surface area (Å²) in [6.45, 7) is 2.38. The standard InChI is InChI=1S/C30H31F2N5O2/c1-4-23-21-11-18(21)16-36(23)29-33-13-19(14-34-29)17-9-10-25-35-27-26(37(25)15-17)22(12-30(27,2)38-3)20-7-5-6-8-24(20)39-28(31)32/h5-10,13-15,18,21-23,28H,4,11-12,16H2,1-3H3/t18-,21?,22+,23?,30?/m0/s1. The largest absolute Gasteiger partial charge is 0.435 e. The first-order valence-electron chi connectivity index (χ1n) is 13.6. The number of halogens is 2. The Morgan fingerprint density at radius 2 is 1.90 bits per heavy atom. The summed E-state index contributed by atoms with van der Waals surface area (Å²) < 4.78 is 39.4. The number of methoxy groups -OCH3 is 1. The Balaban J connectivity index is 1.28. The molecule has 1 saturated heterocycles. The lowest BCUT2D eigenvalue weighted by atomic mass is 9.92. The zero-order valence-electron chi connectivity index (χ0n) is 22.2. The summed E-state index contributed by atoms with van der Waals surface area (Å²) in [6.07, 6.45) is 8.82. The Kier molecular flexibility index (Phi) is 5.63. The minimum Gasteiger partial charge on any atom is -0.435 e. The van der Waals surface area contributed by atoms with Crippen LogP contribution >= 0.6 is 0 Å². The number of hydrogen-bond acceptors (Lipinski definition) is 6. The summed E-state index contributed by atoms with van der Waals surface area (Å²) in [5.74, 6) is 2.33. The summed E-state index contributed by atoms with van der Waals surface area (Å²) in [4.78, 5) is 16.8. The van der Waals surface area contributed by atoms with Crippen molar-refractivity contribution in [1.29, 1.82) is 0 Å². The van der Waals surface area contributed by atoms with Crippen LogP contribution in [0, 0.1) is 11.8 Å². The fourth-order valence-corrected chi connectivity index (χ4v) is 6.89. The Morgan fingerprint density at radius 1 is 1.10 bits per heavy atom. The molecule has 202 valence electrons. The molecule has 9 heteroatoms. The van der Waals surface area contributed by atoms with Gasteiger partial charge in [-0.15, -0.1) is 0 Å². The van der Waals surface area contributed by atoms with E-state index in [9.17, 15) is 8.78 Å². The van der Waals surface area contributed by atoms with Crippen LogP contribution in [0.4, 0.5) is 14.7 Å². The average Bonchev–Trinajstić information content (AvgIpc) is 3.32. The maximum absolute atomic E-state index is 13.2. The van der Waals surface area contributed by atoms with Gasteiger partial charge in [0.05, 0.1) is 11.4 Å². The Hall–Kier alpha value is -3.59. The van der Waals surface area contributed by atoms with Gasteiger partial charge in [0.25, 0.3) is 0 Å². The lowest BCUT2D eigenvalue weighted by Crippen LogP contribution is -2.33. The molecule has 3 aromatic heterocycles. The highest BCUT2D eigenvalue weighted by molar-refractivity contribution is 5.65. The van der Waals surface area contributed by atoms with Gasteiger partial charge in [-0.3, -0.25) is 0 Å². The maximum Gasteiger partial charge on any atom is 0.387 e. The molecule has 3 aliphatic rings. The Morgan fingerprint density at radius 3 is 2.64 bits per heavy atom. The maximum atomic E-state index is 13.2. The zero-order chi connectivity index (χ0) is 26.9. The van der Waals surface area contributed by atoms with Crippen LogP contribution in [-0.2, 0) is 10.3 Å². The van der Waals surface area contributed by atoms with E-state index < -0.39 is 12.2 Å². The lowest BCUT2D eigenvalue weighted by molar-refractivity contribution is -0.0508. The van der Waals surface area contributed by atoms with Crippen LogP contribution in [0.3, 0.4) is 0 Å². The Bertz CT molecular complexity index is 1540. The molecule has 4 aromatic rings. The number of benzene rings is 1. The molecule has 39 heavy (non-hydrogen) atoms. The highest BCUT2D eigenvalue weighted by atomic mass is 19.3. The second-order valence-electron chi connectivity index (χ2n) is 11.2. The highest BCUT2D eigenvalue weighted by Gasteiger charge is 2.52. The van der Waals surface area contributed by atoms with E-state index >= 15 is 0 Å². The van der Waals surface area contributed by atoms with Crippen molar-refractivity contribution in [2.45, 2.75) is 57.3 Å². The number of rotatable bonds is 7. The van der Waals surface area contributed by atoms with Gasteiger partial charge >= 0.3 is 6.61 Å². The van der Waals surface area contributed by atoms with Gasteiger partial charge in [-0.1, -0.05) is 25.1 Å². The molecule has 1 saturated carbocycles. The summed E-state index contributed by atoms with van der Waals surface area (Å²) in [5, 5.41) is 0. The average molecular weight is 532 g/mol. The van der Waals surface area contributed by atoms with E-state index in [0.717, 1.165) is 58.9 Å². The smallest absolute Gasteiger partial charge is 0.387 e. The number of nitrogens with zero attached hydrogens (tertiary/aromatic N) is 5. The number of hydrogen-bond donors (Lipinski definition) is 0. The number of imidazole rings is 1. The normalized spacial score (nSPS) is 27.3. The van der Waals surface area contributed by atoms with Crippen molar-refractivity contribution in [3.8, 4) is 16.9 Å². The number of pyridine rings is 1. The first kappa shape index (κ1) is 24.5. The molecular weight excluding hydrogens is 500 g/mol. The number of alkyl halides is 2. The molecule has 3 unspecified atom stereocenters. The molecule has 2 aliphatic carbocycles. The molecule has 0 radical (unpaired) electrons. The monoisotopic (exact) mass is 531 g/mol. The third-order valence-electron chi connectivity index (χ3n) is 8.99. The van der Waals surface area contributed by atoms with Crippen molar-refractivity contribution in [2.24, 2.45) is 11.8 Å².